The molecule has 6 nitrogen and oxygen atoms in total. The van der Waals surface area contributed by atoms with Crippen LogP contribution in [0.25, 0.3) is 11.1 Å². The number of nitrogens with zero attached hydrogens (tertiary/aromatic N) is 3. The summed E-state index contributed by atoms with van der Waals surface area (Å²) in [5.41, 5.74) is 9.99. The van der Waals surface area contributed by atoms with Gasteiger partial charge in [-0.2, -0.15) is 0 Å². The van der Waals surface area contributed by atoms with Crippen molar-refractivity contribution in [3.8, 4) is 11.1 Å². The molecule has 160 valence electrons. The number of fused-ring (bicyclic) bond motifs is 1. The van der Waals surface area contributed by atoms with Crippen LogP contribution in [0.4, 0.5) is 0 Å². The molecule has 2 aromatic rings. The molecular formula is C22H26Cl2N4O2. The second kappa shape index (κ2) is 8.92. The van der Waals surface area contributed by atoms with E-state index in [1.54, 1.807) is 34.9 Å². The number of aromatic nitrogens is 1. The fourth-order valence-electron chi connectivity index (χ4n) is 4.01. The number of carbonyl (C=O) groups excluding carboxylic acids is 2. The molecule has 0 bridgehead atoms. The van der Waals surface area contributed by atoms with Crippen LogP contribution in [0.3, 0.4) is 0 Å². The van der Waals surface area contributed by atoms with Crippen molar-refractivity contribution in [1.29, 1.82) is 0 Å². The molecule has 1 aromatic heterocycles. The molecule has 0 spiro atoms. The Hall–Kier alpha value is -2.15. The van der Waals surface area contributed by atoms with E-state index >= 15 is 0 Å². The first-order valence-corrected chi connectivity index (χ1v) is 10.8. The van der Waals surface area contributed by atoms with Crippen LogP contribution in [0.5, 0.6) is 0 Å². The molecule has 0 saturated heterocycles. The van der Waals surface area contributed by atoms with Crippen molar-refractivity contribution >= 4 is 35.0 Å². The second-order valence-electron chi connectivity index (χ2n) is 7.32. The Morgan fingerprint density at radius 3 is 2.50 bits per heavy atom. The number of aryl methyl sites for hydroxylation is 1. The van der Waals surface area contributed by atoms with E-state index in [2.05, 4.69) is 4.98 Å². The zero-order chi connectivity index (χ0) is 22.2. The first-order valence-electron chi connectivity index (χ1n) is 10.0. The third kappa shape index (κ3) is 3.80. The Kier molecular flexibility index (Phi) is 6.70. The van der Waals surface area contributed by atoms with Crippen LogP contribution in [0.15, 0.2) is 18.2 Å². The molecule has 2 amide bonds. The highest BCUT2D eigenvalue weighted by Gasteiger charge is 2.39. The van der Waals surface area contributed by atoms with E-state index in [4.69, 9.17) is 28.9 Å². The number of halogens is 2. The van der Waals surface area contributed by atoms with Crippen molar-refractivity contribution in [2.24, 2.45) is 5.73 Å². The standard InChI is InChI=1S/C22H26Cl2N4O2/c1-5-27(6-2)21(29)13(4)28-11-18-20(22(28)30)19(16(10-25)12(3)26-18)15-8-7-14(23)9-17(15)24/h7-9,13H,5-6,10-11,25H2,1-4H3. The van der Waals surface area contributed by atoms with Crippen LogP contribution >= 0.6 is 23.2 Å². The lowest BCUT2D eigenvalue weighted by Gasteiger charge is -2.28. The largest absolute Gasteiger partial charge is 0.341 e. The molecule has 1 aromatic carbocycles. The summed E-state index contributed by atoms with van der Waals surface area (Å²) in [4.78, 5) is 34.3. The number of hydrogen-bond donors (Lipinski definition) is 1. The van der Waals surface area contributed by atoms with E-state index in [0.29, 0.717) is 45.5 Å². The molecule has 30 heavy (non-hydrogen) atoms. The van der Waals surface area contributed by atoms with Gasteiger partial charge in [0.2, 0.25) is 5.91 Å². The van der Waals surface area contributed by atoms with Gasteiger partial charge in [0.1, 0.15) is 6.04 Å². The van der Waals surface area contributed by atoms with Gasteiger partial charge < -0.3 is 15.5 Å². The monoisotopic (exact) mass is 448 g/mol. The van der Waals surface area contributed by atoms with Crippen molar-refractivity contribution in [3.63, 3.8) is 0 Å². The maximum absolute atomic E-state index is 13.5. The molecular weight excluding hydrogens is 423 g/mol. The lowest BCUT2D eigenvalue weighted by molar-refractivity contribution is -0.135. The lowest BCUT2D eigenvalue weighted by atomic mass is 9.93. The van der Waals surface area contributed by atoms with E-state index in [1.165, 1.54) is 0 Å². The van der Waals surface area contributed by atoms with Crippen LogP contribution in [0.2, 0.25) is 10.0 Å². The first-order chi connectivity index (χ1) is 14.2. The van der Waals surface area contributed by atoms with Gasteiger partial charge in [-0.25, -0.2) is 0 Å². The summed E-state index contributed by atoms with van der Waals surface area (Å²) in [5.74, 6) is -0.316. The minimum atomic E-state index is -0.596. The van der Waals surface area contributed by atoms with Gasteiger partial charge in [0.05, 0.1) is 17.8 Å². The zero-order valence-corrected chi connectivity index (χ0v) is 19.1. The van der Waals surface area contributed by atoms with E-state index in [1.807, 2.05) is 20.8 Å². The zero-order valence-electron chi connectivity index (χ0n) is 17.6. The average molecular weight is 449 g/mol. The molecule has 2 heterocycles. The van der Waals surface area contributed by atoms with Crippen molar-refractivity contribution in [1.82, 2.24) is 14.8 Å². The summed E-state index contributed by atoms with van der Waals surface area (Å²) in [7, 11) is 0. The van der Waals surface area contributed by atoms with Crippen LogP contribution in [0, 0.1) is 6.92 Å². The van der Waals surface area contributed by atoms with Gasteiger partial charge in [0.25, 0.3) is 5.91 Å². The van der Waals surface area contributed by atoms with Crippen LogP contribution < -0.4 is 5.73 Å². The summed E-state index contributed by atoms with van der Waals surface area (Å²) in [6.45, 7) is 9.14. The number of pyridine rings is 1. The van der Waals surface area contributed by atoms with Gasteiger partial charge in [0.15, 0.2) is 0 Å². The van der Waals surface area contributed by atoms with Crippen molar-refractivity contribution < 1.29 is 9.59 Å². The molecule has 0 aliphatic carbocycles. The predicted molar refractivity (Wildman–Crippen MR) is 120 cm³/mol. The van der Waals surface area contributed by atoms with Crippen molar-refractivity contribution in [2.45, 2.75) is 46.8 Å². The highest BCUT2D eigenvalue weighted by Crippen LogP contribution is 2.40. The lowest BCUT2D eigenvalue weighted by Crippen LogP contribution is -2.47. The van der Waals surface area contributed by atoms with Crippen molar-refractivity contribution in [3.05, 3.63) is 50.8 Å². The molecule has 3 rings (SSSR count). The highest BCUT2D eigenvalue weighted by atomic mass is 35.5. The van der Waals surface area contributed by atoms with Crippen LogP contribution in [-0.4, -0.2) is 45.7 Å². The first kappa shape index (κ1) is 22.5. The van der Waals surface area contributed by atoms with Gasteiger partial charge in [-0.1, -0.05) is 29.3 Å². The Balaban J connectivity index is 2.13. The number of carbonyl (C=O) groups is 2. The molecule has 1 atom stereocenters. The summed E-state index contributed by atoms with van der Waals surface area (Å²) >= 11 is 12.6. The number of likely N-dealkylation sites (N-methyl/N-ethyl adjacent to an activating group) is 1. The normalized spacial score (nSPS) is 14.1. The molecule has 1 unspecified atom stereocenters. The fourth-order valence-corrected chi connectivity index (χ4v) is 4.51. The molecule has 0 saturated carbocycles. The highest BCUT2D eigenvalue weighted by molar-refractivity contribution is 6.36. The van der Waals surface area contributed by atoms with Gasteiger partial charge in [-0.15, -0.1) is 0 Å². The number of rotatable bonds is 6. The number of nitrogens with two attached hydrogens (primary N) is 1. The summed E-state index contributed by atoms with van der Waals surface area (Å²) in [6.07, 6.45) is 0. The smallest absolute Gasteiger partial charge is 0.257 e. The van der Waals surface area contributed by atoms with E-state index < -0.39 is 6.04 Å². The minimum Gasteiger partial charge on any atom is -0.341 e. The number of amides is 2. The molecule has 8 heteroatoms. The summed E-state index contributed by atoms with van der Waals surface area (Å²) in [5, 5.41) is 0.940. The Labute approximate surface area is 187 Å². The van der Waals surface area contributed by atoms with Crippen molar-refractivity contribution in [2.75, 3.05) is 13.1 Å². The predicted octanol–water partition coefficient (Wildman–Crippen LogP) is 4.04. The molecule has 0 fully saturated rings. The quantitative estimate of drug-likeness (QED) is 0.722. The Morgan fingerprint density at radius 2 is 1.93 bits per heavy atom. The number of benzene rings is 1. The number of hydrogen-bond acceptors (Lipinski definition) is 4. The third-order valence-corrected chi connectivity index (χ3v) is 6.23. The third-order valence-electron chi connectivity index (χ3n) is 5.68. The minimum absolute atomic E-state index is 0.0806. The fraction of sp³-hybridized carbons (Fsp3) is 0.409. The summed E-state index contributed by atoms with van der Waals surface area (Å²) < 4.78 is 0. The van der Waals surface area contributed by atoms with E-state index in [-0.39, 0.29) is 24.9 Å². The SMILES string of the molecule is CCN(CC)C(=O)C(C)N1Cc2nc(C)c(CN)c(-c3ccc(Cl)cc3Cl)c2C1=O. The van der Waals surface area contributed by atoms with Crippen LogP contribution in [-0.2, 0) is 17.9 Å². The Morgan fingerprint density at radius 1 is 1.27 bits per heavy atom. The van der Waals surface area contributed by atoms with Gasteiger partial charge in [-0.05, 0) is 45.4 Å². The van der Waals surface area contributed by atoms with Gasteiger partial charge in [-0.3, -0.25) is 14.6 Å². The molecule has 0 radical (unpaired) electrons. The maximum atomic E-state index is 13.5. The topological polar surface area (TPSA) is 79.5 Å². The van der Waals surface area contributed by atoms with E-state index in [9.17, 15) is 9.59 Å². The van der Waals surface area contributed by atoms with Gasteiger partial charge in [0, 0.05) is 46.5 Å². The Bertz CT molecular complexity index is 1010. The van der Waals surface area contributed by atoms with E-state index in [0.717, 1.165) is 11.3 Å². The van der Waals surface area contributed by atoms with Gasteiger partial charge >= 0.3 is 0 Å². The molecule has 2 N–H and O–H groups in total. The molecule has 1 aliphatic rings. The second-order valence-corrected chi connectivity index (χ2v) is 8.16. The van der Waals surface area contributed by atoms with Crippen LogP contribution in [0.1, 0.15) is 48.1 Å². The maximum Gasteiger partial charge on any atom is 0.257 e. The summed E-state index contributed by atoms with van der Waals surface area (Å²) in [6, 6.07) is 4.57. The average Bonchev–Trinajstić information content (AvgIpc) is 3.03. The molecule has 1 aliphatic heterocycles.